The number of hydrogen-bond acceptors (Lipinski definition) is 4. The van der Waals surface area contributed by atoms with E-state index in [1.54, 1.807) is 36.4 Å². The van der Waals surface area contributed by atoms with Gasteiger partial charge in [-0.3, -0.25) is 4.79 Å². The van der Waals surface area contributed by atoms with Gasteiger partial charge in [-0.25, -0.2) is 18.1 Å². The van der Waals surface area contributed by atoms with E-state index >= 15 is 0 Å². The van der Waals surface area contributed by atoms with Crippen LogP contribution in [0.2, 0.25) is 0 Å². The predicted octanol–water partition coefficient (Wildman–Crippen LogP) is 2.94. The third-order valence-electron chi connectivity index (χ3n) is 6.25. The zero-order chi connectivity index (χ0) is 25.8. The van der Waals surface area contributed by atoms with Crippen LogP contribution in [0, 0.1) is 0 Å². The molecule has 8 heteroatoms. The SMILES string of the molecule is CCCc1nc2ccc(C(=O)NS(=O)(=O)c3ccccc3)cc2n1Cc1ccc(-c2ccccc2)cc1.[H-].[K+]. The summed E-state index contributed by atoms with van der Waals surface area (Å²) in [6, 6.07) is 31.6. The number of sulfonamides is 1. The molecule has 0 fully saturated rings. The van der Waals surface area contributed by atoms with Crippen molar-refractivity contribution in [3.05, 3.63) is 120 Å². The number of benzene rings is 4. The predicted molar refractivity (Wildman–Crippen MR) is 147 cm³/mol. The molecule has 5 rings (SSSR count). The smallest absolute Gasteiger partial charge is 1.00 e. The molecule has 1 amide bonds. The van der Waals surface area contributed by atoms with Gasteiger partial charge in [-0.1, -0.05) is 79.7 Å². The molecule has 0 saturated carbocycles. The van der Waals surface area contributed by atoms with E-state index in [4.69, 9.17) is 4.98 Å². The van der Waals surface area contributed by atoms with Crippen LogP contribution in [0.15, 0.2) is 108 Å². The van der Waals surface area contributed by atoms with Gasteiger partial charge < -0.3 is 5.99 Å². The monoisotopic (exact) mass is 549 g/mol. The Labute approximate surface area is 267 Å². The molecule has 1 heterocycles. The van der Waals surface area contributed by atoms with Gasteiger partial charge in [0, 0.05) is 18.5 Å². The number of nitrogens with one attached hydrogen (secondary N) is 1. The first-order valence-corrected chi connectivity index (χ1v) is 13.7. The Kier molecular flexibility index (Phi) is 9.35. The zero-order valence-corrected chi connectivity index (χ0v) is 25.4. The molecular formula is C30H28KN3O3S. The molecule has 1 aromatic heterocycles. The van der Waals surface area contributed by atoms with Crippen molar-refractivity contribution >= 4 is 27.0 Å². The molecular weight excluding hydrogens is 522 g/mol. The third-order valence-corrected chi connectivity index (χ3v) is 7.59. The second-order valence-corrected chi connectivity index (χ2v) is 10.6. The van der Waals surface area contributed by atoms with Gasteiger partial charge in [0.1, 0.15) is 5.82 Å². The first-order chi connectivity index (χ1) is 17.9. The average molecular weight is 550 g/mol. The fourth-order valence-corrected chi connectivity index (χ4v) is 5.36. The van der Waals surface area contributed by atoms with Gasteiger partial charge in [0.15, 0.2) is 0 Å². The van der Waals surface area contributed by atoms with Crippen LogP contribution in [0.5, 0.6) is 0 Å². The Hall–Kier alpha value is -2.59. The van der Waals surface area contributed by atoms with Crippen LogP contribution in [-0.2, 0) is 23.0 Å². The molecule has 0 unspecified atom stereocenters. The molecule has 0 aliphatic heterocycles. The van der Waals surface area contributed by atoms with Gasteiger partial charge in [0.05, 0.1) is 15.9 Å². The summed E-state index contributed by atoms with van der Waals surface area (Å²) >= 11 is 0. The van der Waals surface area contributed by atoms with Gasteiger partial charge in [-0.05, 0) is 53.4 Å². The van der Waals surface area contributed by atoms with Crippen molar-refractivity contribution in [2.45, 2.75) is 31.2 Å². The fraction of sp³-hybridized carbons (Fsp3) is 0.133. The Bertz CT molecular complexity index is 1660. The topological polar surface area (TPSA) is 81.1 Å². The van der Waals surface area contributed by atoms with Gasteiger partial charge in [-0.2, -0.15) is 0 Å². The number of imidazole rings is 1. The number of aryl methyl sites for hydroxylation is 1. The molecule has 38 heavy (non-hydrogen) atoms. The molecule has 0 bridgehead atoms. The standard InChI is InChI=1S/C30H27N3O3S.K.H/c1-2-9-29-31-27-19-18-25(30(34)32-37(35,36)26-12-7-4-8-13-26)20-28(27)33(29)21-22-14-16-24(17-15-22)23-10-5-3-6-11-23;;/h3-8,10-20H,2,9,21H2,1H3,(H,32,34);;/q;+1;-1. The van der Waals surface area contributed by atoms with E-state index < -0.39 is 15.9 Å². The van der Waals surface area contributed by atoms with E-state index in [0.29, 0.717) is 6.54 Å². The van der Waals surface area contributed by atoms with E-state index in [-0.39, 0.29) is 63.3 Å². The Morgan fingerprint density at radius 1 is 0.868 bits per heavy atom. The molecule has 188 valence electrons. The minimum atomic E-state index is -3.97. The van der Waals surface area contributed by atoms with Crippen LogP contribution in [0.25, 0.3) is 22.2 Å². The van der Waals surface area contributed by atoms with Crippen molar-refractivity contribution in [2.75, 3.05) is 0 Å². The van der Waals surface area contributed by atoms with Crippen LogP contribution < -0.4 is 56.1 Å². The van der Waals surface area contributed by atoms with Crippen molar-refractivity contribution in [1.82, 2.24) is 14.3 Å². The van der Waals surface area contributed by atoms with Crippen molar-refractivity contribution in [3.8, 4) is 11.1 Å². The van der Waals surface area contributed by atoms with Crippen molar-refractivity contribution in [3.63, 3.8) is 0 Å². The minimum Gasteiger partial charge on any atom is -1.00 e. The van der Waals surface area contributed by atoms with Crippen LogP contribution in [0.4, 0.5) is 0 Å². The Morgan fingerprint density at radius 2 is 1.50 bits per heavy atom. The second kappa shape index (κ2) is 12.5. The minimum absolute atomic E-state index is 0. The van der Waals surface area contributed by atoms with Gasteiger partial charge in [-0.15, -0.1) is 0 Å². The molecule has 6 nitrogen and oxygen atoms in total. The molecule has 0 aliphatic carbocycles. The molecule has 0 atom stereocenters. The Morgan fingerprint density at radius 3 is 2.16 bits per heavy atom. The van der Waals surface area contributed by atoms with E-state index in [2.05, 4.69) is 52.6 Å². The maximum atomic E-state index is 12.9. The second-order valence-electron chi connectivity index (χ2n) is 8.88. The van der Waals surface area contributed by atoms with Gasteiger partial charge >= 0.3 is 51.4 Å². The summed E-state index contributed by atoms with van der Waals surface area (Å²) in [5, 5.41) is 0. The summed E-state index contributed by atoms with van der Waals surface area (Å²) in [7, 11) is -3.97. The van der Waals surface area contributed by atoms with Gasteiger partial charge in [0.25, 0.3) is 15.9 Å². The molecule has 0 spiro atoms. The van der Waals surface area contributed by atoms with E-state index in [1.807, 2.05) is 18.2 Å². The summed E-state index contributed by atoms with van der Waals surface area (Å²) in [5.41, 5.74) is 5.24. The largest absolute Gasteiger partial charge is 1.00 e. The van der Waals surface area contributed by atoms with E-state index in [0.717, 1.165) is 46.4 Å². The summed E-state index contributed by atoms with van der Waals surface area (Å²) in [6.45, 7) is 2.69. The number of nitrogens with zero attached hydrogens (tertiary/aromatic N) is 2. The summed E-state index contributed by atoms with van der Waals surface area (Å²) in [5.74, 6) is 0.252. The molecule has 0 aliphatic rings. The number of carbonyl (C=O) groups is 1. The molecule has 1 N–H and O–H groups in total. The first-order valence-electron chi connectivity index (χ1n) is 12.2. The number of carbonyl (C=O) groups excluding carboxylic acids is 1. The summed E-state index contributed by atoms with van der Waals surface area (Å²) in [6.07, 6.45) is 1.72. The number of amides is 1. The van der Waals surface area contributed by atoms with Crippen molar-refractivity contribution < 1.29 is 66.0 Å². The van der Waals surface area contributed by atoms with Crippen molar-refractivity contribution in [1.29, 1.82) is 0 Å². The van der Waals surface area contributed by atoms with Crippen LogP contribution >= 0.6 is 0 Å². The van der Waals surface area contributed by atoms with Gasteiger partial charge in [0.2, 0.25) is 0 Å². The van der Waals surface area contributed by atoms with Crippen LogP contribution in [0.3, 0.4) is 0 Å². The van der Waals surface area contributed by atoms with Crippen molar-refractivity contribution in [2.24, 2.45) is 0 Å². The number of rotatable bonds is 8. The number of aromatic nitrogens is 2. The quantitative estimate of drug-likeness (QED) is 0.302. The maximum absolute atomic E-state index is 12.9. The maximum Gasteiger partial charge on any atom is 1.00 e. The average Bonchev–Trinajstić information content (AvgIpc) is 3.26. The summed E-state index contributed by atoms with van der Waals surface area (Å²) in [4.78, 5) is 17.8. The zero-order valence-electron chi connectivity index (χ0n) is 22.5. The number of hydrogen-bond donors (Lipinski definition) is 1. The van der Waals surface area contributed by atoms with E-state index in [9.17, 15) is 13.2 Å². The molecule has 5 aromatic rings. The fourth-order valence-electron chi connectivity index (χ4n) is 4.36. The Balaban J connectivity index is 0.00000210. The van der Waals surface area contributed by atoms with Crippen LogP contribution in [0.1, 0.15) is 36.5 Å². The number of fused-ring (bicyclic) bond motifs is 1. The van der Waals surface area contributed by atoms with E-state index in [1.165, 1.54) is 12.1 Å². The first kappa shape index (κ1) is 28.4. The third kappa shape index (κ3) is 6.34. The summed E-state index contributed by atoms with van der Waals surface area (Å²) < 4.78 is 29.6. The van der Waals surface area contributed by atoms with Crippen LogP contribution in [-0.4, -0.2) is 23.9 Å². The normalized spacial score (nSPS) is 11.2. The molecule has 0 saturated heterocycles. The molecule has 4 aromatic carbocycles. The molecule has 0 radical (unpaired) electrons.